The molecule has 0 amide bonds. The van der Waals surface area contributed by atoms with Crippen molar-refractivity contribution in [2.75, 3.05) is 13.7 Å². The van der Waals surface area contributed by atoms with Crippen LogP contribution in [0.1, 0.15) is 19.4 Å². The van der Waals surface area contributed by atoms with Crippen molar-refractivity contribution in [3.05, 3.63) is 46.2 Å². The van der Waals surface area contributed by atoms with Crippen LogP contribution in [0.2, 0.25) is 0 Å². The molecule has 1 aromatic heterocycles. The molecule has 0 bridgehead atoms. The van der Waals surface area contributed by atoms with Gasteiger partial charge in [-0.05, 0) is 30.7 Å². The molecular formula is C16H21N3O2. The molecule has 0 atom stereocenters. The minimum absolute atomic E-state index is 0.155. The summed E-state index contributed by atoms with van der Waals surface area (Å²) in [6.45, 7) is 5.67. The lowest BCUT2D eigenvalue weighted by molar-refractivity contribution is 0.415. The summed E-state index contributed by atoms with van der Waals surface area (Å²) in [5, 5.41) is 9.93. The molecule has 2 aromatic rings. The van der Waals surface area contributed by atoms with Crippen LogP contribution in [-0.2, 0) is 6.54 Å². The minimum Gasteiger partial charge on any atom is -0.497 e. The van der Waals surface area contributed by atoms with Crippen molar-refractivity contribution in [3.63, 3.8) is 0 Å². The van der Waals surface area contributed by atoms with E-state index >= 15 is 0 Å². The van der Waals surface area contributed by atoms with Crippen LogP contribution in [-0.4, -0.2) is 23.9 Å². The molecule has 2 N–H and O–H groups in total. The van der Waals surface area contributed by atoms with E-state index in [9.17, 15) is 4.79 Å². The zero-order valence-electron chi connectivity index (χ0n) is 12.6. The number of hydrogen-bond donors (Lipinski definition) is 2. The van der Waals surface area contributed by atoms with Crippen LogP contribution in [0.3, 0.4) is 0 Å². The fourth-order valence-corrected chi connectivity index (χ4v) is 2.00. The smallest absolute Gasteiger partial charge is 0.268 e. The third-order valence-electron chi connectivity index (χ3n) is 3.11. The molecule has 0 fully saturated rings. The van der Waals surface area contributed by atoms with Crippen LogP contribution in [0.25, 0.3) is 11.3 Å². The van der Waals surface area contributed by atoms with Gasteiger partial charge in [-0.1, -0.05) is 26.0 Å². The van der Waals surface area contributed by atoms with E-state index in [1.165, 1.54) is 0 Å². The number of nitrogens with zero attached hydrogens (tertiary/aromatic N) is 1. The van der Waals surface area contributed by atoms with Crippen molar-refractivity contribution in [1.29, 1.82) is 0 Å². The van der Waals surface area contributed by atoms with E-state index in [0.717, 1.165) is 23.6 Å². The maximum Gasteiger partial charge on any atom is 0.268 e. The number of hydrogen-bond acceptors (Lipinski definition) is 4. The van der Waals surface area contributed by atoms with E-state index in [-0.39, 0.29) is 5.56 Å². The number of rotatable bonds is 6. The quantitative estimate of drug-likeness (QED) is 0.854. The predicted molar refractivity (Wildman–Crippen MR) is 83.4 cm³/mol. The summed E-state index contributed by atoms with van der Waals surface area (Å²) in [7, 11) is 1.63. The van der Waals surface area contributed by atoms with Gasteiger partial charge in [0.1, 0.15) is 5.75 Å². The van der Waals surface area contributed by atoms with Gasteiger partial charge in [-0.25, -0.2) is 5.10 Å². The van der Waals surface area contributed by atoms with Gasteiger partial charge >= 0.3 is 0 Å². The van der Waals surface area contributed by atoms with Crippen molar-refractivity contribution in [1.82, 2.24) is 15.5 Å². The molecule has 0 unspecified atom stereocenters. The Labute approximate surface area is 124 Å². The summed E-state index contributed by atoms with van der Waals surface area (Å²) in [5.41, 5.74) is 2.17. The molecule has 0 saturated heterocycles. The van der Waals surface area contributed by atoms with Crippen molar-refractivity contribution in [2.24, 2.45) is 5.92 Å². The number of H-pyrrole nitrogens is 1. The van der Waals surface area contributed by atoms with E-state index < -0.39 is 0 Å². The second-order valence-electron chi connectivity index (χ2n) is 5.36. The molecule has 1 heterocycles. The lowest BCUT2D eigenvalue weighted by Gasteiger charge is -2.08. The van der Waals surface area contributed by atoms with Gasteiger partial charge in [0.15, 0.2) is 0 Å². The lowest BCUT2D eigenvalue weighted by atomic mass is 10.1. The second-order valence-corrected chi connectivity index (χ2v) is 5.36. The number of benzene rings is 1. The van der Waals surface area contributed by atoms with Gasteiger partial charge in [-0.3, -0.25) is 4.79 Å². The molecule has 0 radical (unpaired) electrons. The Hall–Kier alpha value is -2.14. The molecule has 112 valence electrons. The van der Waals surface area contributed by atoms with Crippen LogP contribution >= 0.6 is 0 Å². The molecule has 5 nitrogen and oxygen atoms in total. The van der Waals surface area contributed by atoms with Crippen LogP contribution in [0.4, 0.5) is 0 Å². The molecule has 0 aliphatic carbocycles. The molecule has 0 saturated carbocycles. The highest BCUT2D eigenvalue weighted by molar-refractivity contribution is 5.61. The van der Waals surface area contributed by atoms with Gasteiger partial charge in [0.25, 0.3) is 5.56 Å². The Kier molecular flexibility index (Phi) is 5.11. The standard InChI is InChI=1S/C16H21N3O2/c1-11(2)9-17-10-13-8-15(18-19-16(13)20)12-5-4-6-14(7-12)21-3/h4-8,11,17H,9-10H2,1-3H3,(H,19,20). The van der Waals surface area contributed by atoms with Crippen LogP contribution in [0, 0.1) is 5.92 Å². The Balaban J connectivity index is 2.23. The van der Waals surface area contributed by atoms with E-state index in [0.29, 0.717) is 18.0 Å². The van der Waals surface area contributed by atoms with Crippen molar-refractivity contribution in [3.8, 4) is 17.0 Å². The summed E-state index contributed by atoms with van der Waals surface area (Å²) in [6, 6.07) is 9.43. The first kappa shape index (κ1) is 15.3. The summed E-state index contributed by atoms with van der Waals surface area (Å²) in [6.07, 6.45) is 0. The van der Waals surface area contributed by atoms with Gasteiger partial charge in [0.2, 0.25) is 0 Å². The third kappa shape index (κ3) is 4.16. The van der Waals surface area contributed by atoms with Crippen LogP contribution < -0.4 is 15.6 Å². The summed E-state index contributed by atoms with van der Waals surface area (Å²) >= 11 is 0. The van der Waals surface area contributed by atoms with Crippen molar-refractivity contribution >= 4 is 0 Å². The van der Waals surface area contributed by atoms with Gasteiger partial charge in [0, 0.05) is 17.7 Å². The summed E-state index contributed by atoms with van der Waals surface area (Å²) < 4.78 is 5.21. The minimum atomic E-state index is -0.155. The number of aromatic amines is 1. The number of aromatic nitrogens is 2. The summed E-state index contributed by atoms with van der Waals surface area (Å²) in [4.78, 5) is 11.8. The lowest BCUT2D eigenvalue weighted by Crippen LogP contribution is -2.24. The molecular weight excluding hydrogens is 266 g/mol. The van der Waals surface area contributed by atoms with E-state index in [1.807, 2.05) is 30.3 Å². The average molecular weight is 287 g/mol. The van der Waals surface area contributed by atoms with Crippen LogP contribution in [0.15, 0.2) is 35.1 Å². The fourth-order valence-electron chi connectivity index (χ4n) is 2.00. The molecule has 0 aliphatic rings. The van der Waals surface area contributed by atoms with Gasteiger partial charge in [-0.2, -0.15) is 5.10 Å². The van der Waals surface area contributed by atoms with Crippen molar-refractivity contribution in [2.45, 2.75) is 20.4 Å². The zero-order chi connectivity index (χ0) is 15.2. The van der Waals surface area contributed by atoms with E-state index in [2.05, 4.69) is 29.4 Å². The van der Waals surface area contributed by atoms with Gasteiger partial charge in [-0.15, -0.1) is 0 Å². The van der Waals surface area contributed by atoms with Crippen LogP contribution in [0.5, 0.6) is 5.75 Å². The molecule has 1 aromatic carbocycles. The molecule has 5 heteroatoms. The molecule has 0 aliphatic heterocycles. The Morgan fingerprint density at radius 2 is 2.14 bits per heavy atom. The van der Waals surface area contributed by atoms with Crippen molar-refractivity contribution < 1.29 is 4.74 Å². The number of ether oxygens (including phenoxy) is 1. The molecule has 21 heavy (non-hydrogen) atoms. The maximum absolute atomic E-state index is 11.8. The topological polar surface area (TPSA) is 67.0 Å². The van der Waals surface area contributed by atoms with Gasteiger partial charge < -0.3 is 10.1 Å². The molecule has 2 rings (SSSR count). The molecule has 0 spiro atoms. The van der Waals surface area contributed by atoms with Gasteiger partial charge in [0.05, 0.1) is 12.8 Å². The highest BCUT2D eigenvalue weighted by Crippen LogP contribution is 2.21. The maximum atomic E-state index is 11.8. The SMILES string of the molecule is COc1cccc(-c2cc(CNCC(C)C)c(=O)[nH]n2)c1. The number of nitrogens with one attached hydrogen (secondary N) is 2. The fraction of sp³-hybridized carbons (Fsp3) is 0.375. The average Bonchev–Trinajstić information content (AvgIpc) is 2.49. The Morgan fingerprint density at radius 1 is 1.33 bits per heavy atom. The number of methoxy groups -OCH3 is 1. The highest BCUT2D eigenvalue weighted by Gasteiger charge is 2.06. The first-order valence-corrected chi connectivity index (χ1v) is 7.04. The predicted octanol–water partition coefficient (Wildman–Crippen LogP) is 2.19. The summed E-state index contributed by atoms with van der Waals surface area (Å²) in [5.74, 6) is 1.31. The van der Waals surface area contributed by atoms with E-state index in [4.69, 9.17) is 4.74 Å². The zero-order valence-corrected chi connectivity index (χ0v) is 12.6. The monoisotopic (exact) mass is 287 g/mol. The first-order valence-electron chi connectivity index (χ1n) is 7.04. The Morgan fingerprint density at radius 3 is 2.86 bits per heavy atom. The van der Waals surface area contributed by atoms with E-state index in [1.54, 1.807) is 7.11 Å². The third-order valence-corrected chi connectivity index (χ3v) is 3.11. The normalized spacial score (nSPS) is 10.9. The first-order chi connectivity index (χ1) is 10.1. The second kappa shape index (κ2) is 7.04. The largest absolute Gasteiger partial charge is 0.497 e. The Bertz CT molecular complexity index is 650. The highest BCUT2D eigenvalue weighted by atomic mass is 16.5.